The number of carboxylic acid groups (broad SMARTS) is 2. The van der Waals surface area contributed by atoms with Gasteiger partial charge in [-0.05, 0) is 48.8 Å². The molecular weight excluding hydrogens is 418 g/mol. The zero-order valence-electron chi connectivity index (χ0n) is 18.8. The van der Waals surface area contributed by atoms with Gasteiger partial charge in [-0.25, -0.2) is 4.79 Å². The quantitative estimate of drug-likeness (QED) is 0.537. The first-order valence-electron chi connectivity index (χ1n) is 11.7. The number of hydrogen-bond acceptors (Lipinski definition) is 3. The summed E-state index contributed by atoms with van der Waals surface area (Å²) in [6.45, 7) is 0. The minimum Gasteiger partial charge on any atom is -0.481 e. The number of rotatable bonds is 9. The molecule has 2 aromatic carbocycles. The number of nitrogens with one attached hydrogen (secondary N) is 1. The standard InChI is InChI=1S/C27H31NO5/c29-23(30)22(13-12-19-8-2-1-3-9-19)16-26(14-6-7-15-26)24(31)28-27(25(32)33)17-20-10-4-5-11-21(20)18-27/h1-5,8-11,22H,6-7,12-18H2,(H,28,31)(H,29,30)(H,32,33)/t22-/m1/s1. The fraction of sp³-hybridized carbons (Fsp3) is 0.444. The van der Waals surface area contributed by atoms with E-state index in [4.69, 9.17) is 0 Å². The molecule has 0 bridgehead atoms. The van der Waals surface area contributed by atoms with Crippen LogP contribution in [-0.2, 0) is 33.6 Å². The molecule has 0 saturated heterocycles. The van der Waals surface area contributed by atoms with Crippen LogP contribution in [0, 0.1) is 11.3 Å². The first-order chi connectivity index (χ1) is 15.8. The second kappa shape index (κ2) is 9.38. The highest BCUT2D eigenvalue weighted by Gasteiger charge is 2.51. The van der Waals surface area contributed by atoms with Crippen molar-refractivity contribution in [2.75, 3.05) is 0 Å². The van der Waals surface area contributed by atoms with Crippen LogP contribution in [0.5, 0.6) is 0 Å². The number of benzene rings is 2. The van der Waals surface area contributed by atoms with Crippen molar-refractivity contribution in [2.24, 2.45) is 11.3 Å². The lowest BCUT2D eigenvalue weighted by Crippen LogP contribution is -2.59. The second-order valence-electron chi connectivity index (χ2n) is 9.71. The van der Waals surface area contributed by atoms with E-state index < -0.39 is 28.8 Å². The monoisotopic (exact) mass is 449 g/mol. The van der Waals surface area contributed by atoms with E-state index in [1.54, 1.807) is 0 Å². The highest BCUT2D eigenvalue weighted by atomic mass is 16.4. The number of carboxylic acids is 2. The molecule has 6 heteroatoms. The Morgan fingerprint density at radius 1 is 0.879 bits per heavy atom. The molecule has 1 atom stereocenters. The van der Waals surface area contributed by atoms with Crippen molar-refractivity contribution in [3.05, 3.63) is 71.3 Å². The maximum absolute atomic E-state index is 13.6. The van der Waals surface area contributed by atoms with Crippen molar-refractivity contribution in [3.8, 4) is 0 Å². The molecule has 0 radical (unpaired) electrons. The zero-order chi connectivity index (χ0) is 23.5. The van der Waals surface area contributed by atoms with Crippen molar-refractivity contribution in [1.29, 1.82) is 0 Å². The van der Waals surface area contributed by atoms with Crippen molar-refractivity contribution in [2.45, 2.75) is 63.3 Å². The van der Waals surface area contributed by atoms with E-state index in [9.17, 15) is 24.6 Å². The Morgan fingerprint density at radius 2 is 1.45 bits per heavy atom. The topological polar surface area (TPSA) is 104 Å². The Bertz CT molecular complexity index is 1000. The average Bonchev–Trinajstić information content (AvgIpc) is 3.43. The highest BCUT2D eigenvalue weighted by Crippen LogP contribution is 2.45. The fourth-order valence-corrected chi connectivity index (χ4v) is 5.60. The van der Waals surface area contributed by atoms with Crippen LogP contribution in [0.15, 0.2) is 54.6 Å². The molecule has 1 fully saturated rings. The zero-order valence-corrected chi connectivity index (χ0v) is 18.8. The van der Waals surface area contributed by atoms with E-state index in [1.807, 2.05) is 54.6 Å². The summed E-state index contributed by atoms with van der Waals surface area (Å²) in [6.07, 6.45) is 4.69. The third-order valence-electron chi connectivity index (χ3n) is 7.52. The Balaban J connectivity index is 1.52. The molecule has 174 valence electrons. The van der Waals surface area contributed by atoms with E-state index in [-0.39, 0.29) is 25.2 Å². The van der Waals surface area contributed by atoms with Gasteiger partial charge in [0, 0.05) is 12.8 Å². The SMILES string of the molecule is O=C(O)[C@H](CCc1ccccc1)CC1(C(=O)NC2(C(=O)O)Cc3ccccc3C2)CCCC1. The van der Waals surface area contributed by atoms with Gasteiger partial charge in [0.1, 0.15) is 5.54 Å². The summed E-state index contributed by atoms with van der Waals surface area (Å²) in [7, 11) is 0. The molecule has 33 heavy (non-hydrogen) atoms. The molecule has 2 aliphatic rings. The molecule has 0 unspecified atom stereocenters. The molecule has 4 rings (SSSR count). The normalized spacial score (nSPS) is 18.9. The first-order valence-corrected chi connectivity index (χ1v) is 11.7. The Morgan fingerprint density at radius 3 is 2.00 bits per heavy atom. The number of amides is 1. The van der Waals surface area contributed by atoms with E-state index in [1.165, 1.54) is 0 Å². The molecule has 0 heterocycles. The van der Waals surface area contributed by atoms with Crippen LogP contribution in [0.3, 0.4) is 0 Å². The van der Waals surface area contributed by atoms with E-state index in [0.717, 1.165) is 29.5 Å². The smallest absolute Gasteiger partial charge is 0.330 e. The molecule has 1 amide bonds. The lowest BCUT2D eigenvalue weighted by molar-refractivity contribution is -0.151. The van der Waals surface area contributed by atoms with Crippen molar-refractivity contribution >= 4 is 17.8 Å². The second-order valence-corrected chi connectivity index (χ2v) is 9.71. The first kappa shape index (κ1) is 23.0. The van der Waals surface area contributed by atoms with Crippen LogP contribution in [0.25, 0.3) is 0 Å². The van der Waals surface area contributed by atoms with E-state index >= 15 is 0 Å². The third-order valence-corrected chi connectivity index (χ3v) is 7.52. The summed E-state index contributed by atoms with van der Waals surface area (Å²) in [5.41, 5.74) is 0.733. The summed E-state index contributed by atoms with van der Waals surface area (Å²) in [4.78, 5) is 38.1. The molecule has 2 aliphatic carbocycles. The predicted molar refractivity (Wildman–Crippen MR) is 124 cm³/mol. The van der Waals surface area contributed by atoms with Gasteiger partial charge in [0.05, 0.1) is 11.3 Å². The summed E-state index contributed by atoms with van der Waals surface area (Å²) < 4.78 is 0. The summed E-state index contributed by atoms with van der Waals surface area (Å²) >= 11 is 0. The molecular formula is C27H31NO5. The van der Waals surface area contributed by atoms with Gasteiger partial charge in [0.25, 0.3) is 0 Å². The number of aliphatic carboxylic acids is 2. The van der Waals surface area contributed by atoms with Crippen LogP contribution >= 0.6 is 0 Å². The molecule has 1 saturated carbocycles. The lowest BCUT2D eigenvalue weighted by Gasteiger charge is -2.35. The van der Waals surface area contributed by atoms with Gasteiger partial charge >= 0.3 is 11.9 Å². The van der Waals surface area contributed by atoms with Crippen molar-refractivity contribution < 1.29 is 24.6 Å². The number of aryl methyl sites for hydroxylation is 1. The molecule has 0 aromatic heterocycles. The minimum atomic E-state index is -1.38. The number of hydrogen-bond donors (Lipinski definition) is 3. The van der Waals surface area contributed by atoms with Crippen molar-refractivity contribution in [3.63, 3.8) is 0 Å². The minimum absolute atomic E-state index is 0.240. The molecule has 2 aromatic rings. The molecule has 0 aliphatic heterocycles. The fourth-order valence-electron chi connectivity index (χ4n) is 5.60. The number of carbonyl (C=O) groups excluding carboxylic acids is 1. The van der Waals surface area contributed by atoms with E-state index in [0.29, 0.717) is 25.7 Å². The van der Waals surface area contributed by atoms with Gasteiger partial charge < -0.3 is 15.5 Å². The van der Waals surface area contributed by atoms with Gasteiger partial charge in [0.15, 0.2) is 0 Å². The van der Waals surface area contributed by atoms with Crippen LogP contribution in [0.4, 0.5) is 0 Å². The molecule has 6 nitrogen and oxygen atoms in total. The Kier molecular flexibility index (Phi) is 6.54. The van der Waals surface area contributed by atoms with Gasteiger partial charge in [-0.2, -0.15) is 0 Å². The van der Waals surface area contributed by atoms with Crippen molar-refractivity contribution in [1.82, 2.24) is 5.32 Å². The van der Waals surface area contributed by atoms with Gasteiger partial charge in [-0.1, -0.05) is 67.4 Å². The van der Waals surface area contributed by atoms with Crippen LogP contribution in [-0.4, -0.2) is 33.6 Å². The van der Waals surface area contributed by atoms with E-state index in [2.05, 4.69) is 5.32 Å². The average molecular weight is 450 g/mol. The maximum Gasteiger partial charge on any atom is 0.330 e. The maximum atomic E-state index is 13.6. The van der Waals surface area contributed by atoms with Gasteiger partial charge in [-0.15, -0.1) is 0 Å². The van der Waals surface area contributed by atoms with Crippen LogP contribution in [0.2, 0.25) is 0 Å². The third kappa shape index (κ3) is 4.80. The van der Waals surface area contributed by atoms with Gasteiger partial charge in [0.2, 0.25) is 5.91 Å². The highest BCUT2D eigenvalue weighted by molar-refractivity contribution is 5.91. The van der Waals surface area contributed by atoms with Crippen LogP contribution in [0.1, 0.15) is 55.2 Å². The largest absolute Gasteiger partial charge is 0.481 e. The molecule has 0 spiro atoms. The Labute approximate surface area is 194 Å². The van der Waals surface area contributed by atoms with Gasteiger partial charge in [-0.3, -0.25) is 9.59 Å². The number of fused-ring (bicyclic) bond motifs is 1. The summed E-state index contributed by atoms with van der Waals surface area (Å²) in [5.74, 6) is -2.90. The lowest BCUT2D eigenvalue weighted by atomic mass is 9.74. The summed E-state index contributed by atoms with van der Waals surface area (Å²) in [5, 5.41) is 22.9. The number of carbonyl (C=O) groups is 3. The Hall–Kier alpha value is -3.15. The summed E-state index contributed by atoms with van der Waals surface area (Å²) in [6, 6.07) is 17.3. The predicted octanol–water partition coefficient (Wildman–Crippen LogP) is 4.01. The molecule has 3 N–H and O–H groups in total. The van der Waals surface area contributed by atoms with Crippen LogP contribution < -0.4 is 5.32 Å².